The summed E-state index contributed by atoms with van der Waals surface area (Å²) < 4.78 is 16.5. The highest BCUT2D eigenvalue weighted by Gasteiger charge is 2.29. The topological polar surface area (TPSA) is 56.8 Å². The van der Waals surface area contributed by atoms with Crippen LogP contribution in [0.25, 0.3) is 0 Å². The molecule has 5 nitrogen and oxygen atoms in total. The maximum atomic E-state index is 12.1. The van der Waals surface area contributed by atoms with Crippen LogP contribution in [0.2, 0.25) is 0 Å². The SMILES string of the molecule is CCCOc1ccc([C@H]2CC(=O)Nc3cc4c(cc32)OCO4)cc1. The van der Waals surface area contributed by atoms with E-state index in [1.807, 2.05) is 36.4 Å². The van der Waals surface area contributed by atoms with Gasteiger partial charge >= 0.3 is 0 Å². The van der Waals surface area contributed by atoms with E-state index in [1.165, 1.54) is 0 Å². The van der Waals surface area contributed by atoms with Crippen LogP contribution in [0.15, 0.2) is 36.4 Å². The molecule has 2 aromatic rings. The van der Waals surface area contributed by atoms with Gasteiger partial charge in [-0.1, -0.05) is 19.1 Å². The molecule has 4 rings (SSSR count). The summed E-state index contributed by atoms with van der Waals surface area (Å²) in [6.07, 6.45) is 1.40. The van der Waals surface area contributed by atoms with Crippen molar-refractivity contribution >= 4 is 11.6 Å². The number of benzene rings is 2. The van der Waals surface area contributed by atoms with E-state index in [-0.39, 0.29) is 18.6 Å². The molecule has 2 heterocycles. The number of rotatable bonds is 4. The van der Waals surface area contributed by atoms with Gasteiger partial charge in [-0.15, -0.1) is 0 Å². The van der Waals surface area contributed by atoms with Gasteiger partial charge in [0.25, 0.3) is 0 Å². The number of nitrogens with one attached hydrogen (secondary N) is 1. The van der Waals surface area contributed by atoms with Gasteiger partial charge in [0.2, 0.25) is 12.7 Å². The van der Waals surface area contributed by atoms with Gasteiger partial charge in [0.05, 0.1) is 6.61 Å². The van der Waals surface area contributed by atoms with Crippen molar-refractivity contribution in [2.24, 2.45) is 0 Å². The minimum absolute atomic E-state index is 0.00322. The van der Waals surface area contributed by atoms with Crippen LogP contribution in [0, 0.1) is 0 Å². The van der Waals surface area contributed by atoms with Crippen molar-refractivity contribution in [3.05, 3.63) is 47.5 Å². The summed E-state index contributed by atoms with van der Waals surface area (Å²) >= 11 is 0. The lowest BCUT2D eigenvalue weighted by Crippen LogP contribution is -2.23. The Balaban J connectivity index is 1.67. The van der Waals surface area contributed by atoms with E-state index in [1.54, 1.807) is 0 Å². The Morgan fingerprint density at radius 1 is 1.17 bits per heavy atom. The first-order valence-corrected chi connectivity index (χ1v) is 8.20. The van der Waals surface area contributed by atoms with Crippen LogP contribution in [0.1, 0.15) is 36.8 Å². The average Bonchev–Trinajstić information content (AvgIpc) is 3.05. The molecule has 0 unspecified atom stereocenters. The lowest BCUT2D eigenvalue weighted by molar-refractivity contribution is -0.116. The molecule has 2 aliphatic heterocycles. The monoisotopic (exact) mass is 325 g/mol. The molecule has 0 aliphatic carbocycles. The molecular formula is C19H19NO4. The summed E-state index contributed by atoms with van der Waals surface area (Å²) in [5.41, 5.74) is 2.95. The van der Waals surface area contributed by atoms with Gasteiger partial charge in [-0.25, -0.2) is 0 Å². The molecular weight excluding hydrogens is 306 g/mol. The third-order valence-corrected chi connectivity index (χ3v) is 4.34. The van der Waals surface area contributed by atoms with Crippen LogP contribution in [-0.2, 0) is 4.79 Å². The average molecular weight is 325 g/mol. The number of amides is 1. The van der Waals surface area contributed by atoms with Crippen LogP contribution >= 0.6 is 0 Å². The van der Waals surface area contributed by atoms with Crippen LogP contribution in [0.4, 0.5) is 5.69 Å². The first-order valence-electron chi connectivity index (χ1n) is 8.20. The largest absolute Gasteiger partial charge is 0.494 e. The van der Waals surface area contributed by atoms with Crippen molar-refractivity contribution < 1.29 is 19.0 Å². The highest BCUT2D eigenvalue weighted by atomic mass is 16.7. The molecule has 1 amide bonds. The number of ether oxygens (including phenoxy) is 3. The predicted octanol–water partition coefficient (Wildman–Crippen LogP) is 3.68. The van der Waals surface area contributed by atoms with Gasteiger partial charge in [0, 0.05) is 24.1 Å². The maximum Gasteiger partial charge on any atom is 0.231 e. The van der Waals surface area contributed by atoms with Crippen molar-refractivity contribution in [3.63, 3.8) is 0 Å². The quantitative estimate of drug-likeness (QED) is 0.932. The lowest BCUT2D eigenvalue weighted by atomic mass is 9.84. The highest BCUT2D eigenvalue weighted by molar-refractivity contribution is 5.96. The smallest absolute Gasteiger partial charge is 0.231 e. The second-order valence-corrected chi connectivity index (χ2v) is 6.02. The molecule has 0 bridgehead atoms. The minimum Gasteiger partial charge on any atom is -0.494 e. The van der Waals surface area contributed by atoms with E-state index in [0.29, 0.717) is 18.8 Å². The summed E-state index contributed by atoms with van der Waals surface area (Å²) in [6.45, 7) is 3.01. The van der Waals surface area contributed by atoms with Gasteiger partial charge in [0.15, 0.2) is 11.5 Å². The second kappa shape index (κ2) is 6.07. The summed E-state index contributed by atoms with van der Waals surface area (Å²) in [4.78, 5) is 12.1. The van der Waals surface area contributed by atoms with Crippen molar-refractivity contribution in [2.45, 2.75) is 25.7 Å². The fourth-order valence-electron chi connectivity index (χ4n) is 3.16. The van der Waals surface area contributed by atoms with Gasteiger partial charge in [-0.2, -0.15) is 0 Å². The third-order valence-electron chi connectivity index (χ3n) is 4.34. The molecule has 24 heavy (non-hydrogen) atoms. The molecule has 0 saturated heterocycles. The van der Waals surface area contributed by atoms with E-state index >= 15 is 0 Å². The van der Waals surface area contributed by atoms with Crippen molar-refractivity contribution in [2.75, 3.05) is 18.7 Å². The zero-order valence-corrected chi connectivity index (χ0v) is 13.5. The first-order chi connectivity index (χ1) is 11.7. The number of hydrogen-bond acceptors (Lipinski definition) is 4. The van der Waals surface area contributed by atoms with E-state index < -0.39 is 0 Å². The first kappa shape index (κ1) is 14.9. The zero-order valence-electron chi connectivity index (χ0n) is 13.5. The predicted molar refractivity (Wildman–Crippen MR) is 89.9 cm³/mol. The number of anilines is 1. The normalized spacial score (nSPS) is 18.0. The van der Waals surface area contributed by atoms with Crippen molar-refractivity contribution in [1.29, 1.82) is 0 Å². The van der Waals surface area contributed by atoms with Gasteiger partial charge < -0.3 is 19.5 Å². The molecule has 124 valence electrons. The molecule has 5 heteroatoms. The molecule has 0 saturated carbocycles. The fraction of sp³-hybridized carbons (Fsp3) is 0.316. The lowest BCUT2D eigenvalue weighted by Gasteiger charge is -2.26. The maximum absolute atomic E-state index is 12.1. The summed E-state index contributed by atoms with van der Waals surface area (Å²) in [5.74, 6) is 2.28. The van der Waals surface area contributed by atoms with Gasteiger partial charge in [-0.3, -0.25) is 4.79 Å². The van der Waals surface area contributed by atoms with Crippen LogP contribution in [0.3, 0.4) is 0 Å². The molecule has 0 fully saturated rings. The fourth-order valence-corrected chi connectivity index (χ4v) is 3.16. The number of hydrogen-bond donors (Lipinski definition) is 1. The Bertz CT molecular complexity index is 770. The Morgan fingerprint density at radius 3 is 2.67 bits per heavy atom. The number of fused-ring (bicyclic) bond motifs is 2. The Morgan fingerprint density at radius 2 is 1.92 bits per heavy atom. The molecule has 1 atom stereocenters. The van der Waals surface area contributed by atoms with E-state index in [2.05, 4.69) is 12.2 Å². The summed E-state index contributed by atoms with van der Waals surface area (Å²) in [5, 5.41) is 2.93. The van der Waals surface area contributed by atoms with Crippen LogP contribution in [-0.4, -0.2) is 19.3 Å². The number of carbonyl (C=O) groups is 1. The minimum atomic E-state index is 0.00322. The standard InChI is InChI=1S/C19H19NO4/c1-2-7-22-13-5-3-12(4-6-13)14-9-19(21)20-16-10-18-17(8-15(14)16)23-11-24-18/h3-6,8,10,14H,2,7,9,11H2,1H3,(H,20,21)/t14-/m1/s1. The summed E-state index contributed by atoms with van der Waals surface area (Å²) in [6, 6.07) is 11.8. The Kier molecular flexibility index (Phi) is 3.76. The van der Waals surface area contributed by atoms with Crippen molar-refractivity contribution in [1.82, 2.24) is 0 Å². The molecule has 2 aliphatic rings. The second-order valence-electron chi connectivity index (χ2n) is 6.02. The Hall–Kier alpha value is -2.69. The van der Waals surface area contributed by atoms with Gasteiger partial charge in [-0.05, 0) is 35.7 Å². The van der Waals surface area contributed by atoms with E-state index in [9.17, 15) is 4.79 Å². The zero-order chi connectivity index (χ0) is 16.5. The number of carbonyl (C=O) groups excluding carboxylic acids is 1. The highest BCUT2D eigenvalue weighted by Crippen LogP contribution is 2.44. The third kappa shape index (κ3) is 2.66. The molecule has 0 spiro atoms. The Labute approximate surface area is 140 Å². The molecule has 0 radical (unpaired) electrons. The van der Waals surface area contributed by atoms with Crippen LogP contribution < -0.4 is 19.5 Å². The molecule has 2 aromatic carbocycles. The van der Waals surface area contributed by atoms with Gasteiger partial charge in [0.1, 0.15) is 5.75 Å². The van der Waals surface area contributed by atoms with Crippen LogP contribution in [0.5, 0.6) is 17.2 Å². The van der Waals surface area contributed by atoms with E-state index in [4.69, 9.17) is 14.2 Å². The van der Waals surface area contributed by atoms with Crippen molar-refractivity contribution in [3.8, 4) is 17.2 Å². The molecule has 1 N–H and O–H groups in total. The summed E-state index contributed by atoms with van der Waals surface area (Å²) in [7, 11) is 0. The van der Waals surface area contributed by atoms with E-state index in [0.717, 1.165) is 34.7 Å². The molecule has 0 aromatic heterocycles.